The highest BCUT2D eigenvalue weighted by Crippen LogP contribution is 1.90. The predicted molar refractivity (Wildman–Crippen MR) is 47.6 cm³/mol. The second kappa shape index (κ2) is 4.20. The van der Waals surface area contributed by atoms with Crippen molar-refractivity contribution in [2.75, 3.05) is 7.05 Å². The van der Waals surface area contributed by atoms with Gasteiger partial charge in [0.25, 0.3) is 0 Å². The van der Waals surface area contributed by atoms with Crippen LogP contribution in [0.4, 0.5) is 4.79 Å². The molecule has 0 atom stereocenters. The van der Waals surface area contributed by atoms with Crippen molar-refractivity contribution in [1.29, 1.82) is 0 Å². The Bertz CT molecular complexity index is 310. The van der Waals surface area contributed by atoms with Crippen LogP contribution < -0.4 is 0 Å². The van der Waals surface area contributed by atoms with Gasteiger partial charge in [-0.05, 0) is 12.1 Å². The van der Waals surface area contributed by atoms with Crippen molar-refractivity contribution in [3.63, 3.8) is 0 Å². The zero-order chi connectivity index (χ0) is 9.68. The molecule has 0 aliphatic heterocycles. The van der Waals surface area contributed by atoms with Crippen molar-refractivity contribution in [3.05, 3.63) is 30.1 Å². The second-order valence-corrected chi connectivity index (χ2v) is 2.31. The van der Waals surface area contributed by atoms with Gasteiger partial charge in [0.1, 0.15) is 0 Å². The topological polar surface area (TPSA) is 65.8 Å². The number of aromatic nitrogens is 1. The van der Waals surface area contributed by atoms with Crippen LogP contribution in [0.5, 0.6) is 0 Å². The van der Waals surface area contributed by atoms with E-state index in [9.17, 15) is 4.79 Å². The van der Waals surface area contributed by atoms with Crippen molar-refractivity contribution in [1.82, 2.24) is 9.99 Å². The molecule has 1 amide bonds. The van der Waals surface area contributed by atoms with Gasteiger partial charge in [-0.15, -0.1) is 0 Å². The van der Waals surface area contributed by atoms with E-state index in [1.54, 1.807) is 24.4 Å². The summed E-state index contributed by atoms with van der Waals surface area (Å²) in [6.07, 6.45) is 1.89. The monoisotopic (exact) mass is 179 g/mol. The molecule has 5 heteroatoms. The van der Waals surface area contributed by atoms with Crippen LogP contribution in [0, 0.1) is 0 Å². The highest BCUT2D eigenvalue weighted by atomic mass is 16.4. The Hall–Kier alpha value is -1.91. The first kappa shape index (κ1) is 9.18. The lowest BCUT2D eigenvalue weighted by Gasteiger charge is -2.03. The van der Waals surface area contributed by atoms with E-state index < -0.39 is 6.09 Å². The fourth-order valence-corrected chi connectivity index (χ4v) is 0.647. The summed E-state index contributed by atoms with van der Waals surface area (Å²) in [4.78, 5) is 14.3. The third-order valence-electron chi connectivity index (χ3n) is 1.33. The molecule has 0 aliphatic rings. The minimum Gasteiger partial charge on any atom is -0.464 e. The van der Waals surface area contributed by atoms with E-state index in [2.05, 4.69) is 10.1 Å². The minimum absolute atomic E-state index is 0.621. The van der Waals surface area contributed by atoms with E-state index in [0.717, 1.165) is 5.01 Å². The molecule has 0 spiro atoms. The SMILES string of the molecule is CN(/N=C/c1ccccn1)C(=O)O. The number of carbonyl (C=O) groups is 1. The Morgan fingerprint density at radius 1 is 1.69 bits per heavy atom. The van der Waals surface area contributed by atoms with Crippen LogP contribution >= 0.6 is 0 Å². The van der Waals surface area contributed by atoms with Gasteiger partial charge in [-0.2, -0.15) is 5.10 Å². The van der Waals surface area contributed by atoms with Crippen LogP contribution in [0.3, 0.4) is 0 Å². The van der Waals surface area contributed by atoms with Gasteiger partial charge in [0.2, 0.25) is 0 Å². The van der Waals surface area contributed by atoms with Gasteiger partial charge < -0.3 is 5.11 Å². The van der Waals surface area contributed by atoms with Crippen LogP contribution in [0.25, 0.3) is 0 Å². The highest BCUT2D eigenvalue weighted by Gasteiger charge is 1.99. The molecule has 5 nitrogen and oxygen atoms in total. The van der Waals surface area contributed by atoms with Crippen molar-refractivity contribution < 1.29 is 9.90 Å². The van der Waals surface area contributed by atoms with Crippen molar-refractivity contribution in [3.8, 4) is 0 Å². The summed E-state index contributed by atoms with van der Waals surface area (Å²) < 4.78 is 0. The minimum atomic E-state index is -1.10. The molecule has 1 aromatic heterocycles. The van der Waals surface area contributed by atoms with Gasteiger partial charge in [0, 0.05) is 13.2 Å². The fraction of sp³-hybridized carbons (Fsp3) is 0.125. The molecule has 0 aliphatic carbocycles. The number of carboxylic acid groups (broad SMARTS) is 1. The van der Waals surface area contributed by atoms with Gasteiger partial charge in [-0.25, -0.2) is 9.80 Å². The maximum atomic E-state index is 10.3. The fourth-order valence-electron chi connectivity index (χ4n) is 0.647. The summed E-state index contributed by atoms with van der Waals surface area (Å²) in [5, 5.41) is 12.9. The molecular formula is C8H9N3O2. The number of hydrogen-bond acceptors (Lipinski definition) is 3. The normalized spacial score (nSPS) is 10.2. The Morgan fingerprint density at radius 2 is 2.46 bits per heavy atom. The molecule has 13 heavy (non-hydrogen) atoms. The number of nitrogens with zero attached hydrogens (tertiary/aromatic N) is 3. The standard InChI is InChI=1S/C8H9N3O2/c1-11(8(12)13)10-6-7-4-2-3-5-9-7/h2-6H,1H3,(H,12,13)/b10-6+. The van der Waals surface area contributed by atoms with E-state index in [4.69, 9.17) is 5.11 Å². The van der Waals surface area contributed by atoms with Crippen LogP contribution in [0.15, 0.2) is 29.5 Å². The summed E-state index contributed by atoms with van der Waals surface area (Å²) in [6.45, 7) is 0. The summed E-state index contributed by atoms with van der Waals surface area (Å²) in [5.41, 5.74) is 0.621. The zero-order valence-electron chi connectivity index (χ0n) is 7.08. The second-order valence-electron chi connectivity index (χ2n) is 2.31. The van der Waals surface area contributed by atoms with Gasteiger partial charge >= 0.3 is 6.09 Å². The lowest BCUT2D eigenvalue weighted by molar-refractivity contribution is 0.158. The van der Waals surface area contributed by atoms with E-state index in [1.807, 2.05) is 0 Å². The van der Waals surface area contributed by atoms with E-state index in [1.165, 1.54) is 13.3 Å². The maximum Gasteiger partial charge on any atom is 0.427 e. The lowest BCUT2D eigenvalue weighted by Crippen LogP contribution is -2.18. The summed E-state index contributed by atoms with van der Waals surface area (Å²) >= 11 is 0. The maximum absolute atomic E-state index is 10.3. The van der Waals surface area contributed by atoms with E-state index in [0.29, 0.717) is 5.69 Å². The van der Waals surface area contributed by atoms with Gasteiger partial charge in [-0.3, -0.25) is 4.98 Å². The first-order valence-electron chi connectivity index (χ1n) is 3.62. The van der Waals surface area contributed by atoms with Crippen LogP contribution in [-0.4, -0.2) is 34.5 Å². The smallest absolute Gasteiger partial charge is 0.427 e. The Morgan fingerprint density at radius 3 is 3.00 bits per heavy atom. The molecular weight excluding hydrogens is 170 g/mol. The molecule has 1 N–H and O–H groups in total. The summed E-state index contributed by atoms with van der Waals surface area (Å²) in [7, 11) is 1.35. The summed E-state index contributed by atoms with van der Waals surface area (Å²) in [6, 6.07) is 5.31. The number of hydrogen-bond donors (Lipinski definition) is 1. The molecule has 1 rings (SSSR count). The Balaban J connectivity index is 2.64. The first-order valence-corrected chi connectivity index (χ1v) is 3.62. The van der Waals surface area contributed by atoms with Crippen molar-refractivity contribution in [2.45, 2.75) is 0 Å². The van der Waals surface area contributed by atoms with E-state index in [-0.39, 0.29) is 0 Å². The predicted octanol–water partition coefficient (Wildman–Crippen LogP) is 1.03. The molecule has 0 fully saturated rings. The Labute approximate surface area is 75.3 Å². The average molecular weight is 179 g/mol. The third-order valence-corrected chi connectivity index (χ3v) is 1.33. The number of rotatable bonds is 2. The molecule has 1 aromatic rings. The van der Waals surface area contributed by atoms with Crippen molar-refractivity contribution in [2.24, 2.45) is 5.10 Å². The molecule has 0 radical (unpaired) electrons. The molecule has 1 heterocycles. The van der Waals surface area contributed by atoms with Crippen molar-refractivity contribution >= 4 is 12.3 Å². The zero-order valence-corrected chi connectivity index (χ0v) is 7.08. The largest absolute Gasteiger partial charge is 0.464 e. The number of hydrazone groups is 1. The van der Waals surface area contributed by atoms with Crippen LogP contribution in [0.1, 0.15) is 5.69 Å². The van der Waals surface area contributed by atoms with Crippen LogP contribution in [-0.2, 0) is 0 Å². The van der Waals surface area contributed by atoms with E-state index >= 15 is 0 Å². The molecule has 0 aromatic carbocycles. The number of amides is 1. The molecule has 0 saturated carbocycles. The first-order chi connectivity index (χ1) is 6.20. The van der Waals surface area contributed by atoms with Gasteiger partial charge in [-0.1, -0.05) is 6.07 Å². The van der Waals surface area contributed by atoms with Gasteiger partial charge in [0.05, 0.1) is 11.9 Å². The quantitative estimate of drug-likeness (QED) is 0.544. The molecule has 0 bridgehead atoms. The lowest BCUT2D eigenvalue weighted by atomic mass is 10.4. The average Bonchev–Trinajstić information content (AvgIpc) is 2.15. The Kier molecular flexibility index (Phi) is 2.97. The highest BCUT2D eigenvalue weighted by molar-refractivity contribution is 5.78. The third kappa shape index (κ3) is 2.90. The van der Waals surface area contributed by atoms with Crippen LogP contribution in [0.2, 0.25) is 0 Å². The van der Waals surface area contributed by atoms with Gasteiger partial charge in [0.15, 0.2) is 0 Å². The molecule has 68 valence electrons. The molecule has 0 saturated heterocycles. The molecule has 0 unspecified atom stereocenters. The summed E-state index contributed by atoms with van der Waals surface area (Å²) in [5.74, 6) is 0. The number of pyridine rings is 1.